The quantitative estimate of drug-likeness (QED) is 0.109. The fourth-order valence-electron chi connectivity index (χ4n) is 4.95. The molecule has 3 aromatic carbocycles. The van der Waals surface area contributed by atoms with Crippen LogP contribution in [0.1, 0.15) is 15.9 Å². The van der Waals surface area contributed by atoms with Crippen LogP contribution in [0, 0.1) is 5.92 Å². The Labute approximate surface area is 266 Å². The Morgan fingerprint density at radius 3 is 2.39 bits per heavy atom. The number of Topliss-reactive ketones (excluding diaryl/α,β-unsaturated/α-hetero) is 1. The van der Waals surface area contributed by atoms with E-state index in [0.717, 1.165) is 5.56 Å². The van der Waals surface area contributed by atoms with Gasteiger partial charge in [0.25, 0.3) is 0 Å². The van der Waals surface area contributed by atoms with Crippen LogP contribution in [0.15, 0.2) is 88.9 Å². The van der Waals surface area contributed by atoms with E-state index < -0.39 is 57.3 Å². The van der Waals surface area contributed by atoms with Crippen molar-refractivity contribution in [2.24, 2.45) is 5.92 Å². The largest absolute Gasteiger partial charge is 0.768 e. The van der Waals surface area contributed by atoms with Crippen LogP contribution in [0.2, 0.25) is 0 Å². The number of carbonyl (C=O) groups excluding carboxylic acids is 2. The molecular formula is C30H29N6O8S2-. The van der Waals surface area contributed by atoms with E-state index >= 15 is 0 Å². The Bertz CT molecular complexity index is 1880. The highest BCUT2D eigenvalue weighted by Crippen LogP contribution is 2.30. The van der Waals surface area contributed by atoms with E-state index in [1.54, 1.807) is 48.6 Å². The average molecular weight is 666 g/mol. The molecule has 1 amide bonds. The molecule has 1 aromatic heterocycles. The number of H-pyrrole nitrogens is 1. The summed E-state index contributed by atoms with van der Waals surface area (Å²) in [6, 6.07) is 15.0. The summed E-state index contributed by atoms with van der Waals surface area (Å²) < 4.78 is 50.3. The summed E-state index contributed by atoms with van der Waals surface area (Å²) in [5, 5.41) is 15.3. The number of ketones is 1. The number of imidazole rings is 1. The highest BCUT2D eigenvalue weighted by Gasteiger charge is 2.36. The van der Waals surface area contributed by atoms with Gasteiger partial charge in [-0.15, -0.1) is 0 Å². The zero-order valence-corrected chi connectivity index (χ0v) is 25.9. The molecule has 14 nitrogen and oxygen atoms in total. The maximum absolute atomic E-state index is 13.3. The fourth-order valence-corrected chi connectivity index (χ4v) is 6.50. The highest BCUT2D eigenvalue weighted by molar-refractivity contribution is 7.89. The Hall–Kier alpha value is -4.90. The minimum atomic E-state index is -4.33. The number of hydrogen-bond acceptors (Lipinski definition) is 10. The Kier molecular flexibility index (Phi) is 9.62. The lowest BCUT2D eigenvalue weighted by Crippen LogP contribution is -2.51. The second kappa shape index (κ2) is 13.6. The molecule has 0 aliphatic carbocycles. The molecule has 1 aliphatic rings. The molecule has 0 spiro atoms. The lowest BCUT2D eigenvalue weighted by Gasteiger charge is -2.32. The van der Waals surface area contributed by atoms with E-state index in [2.05, 4.69) is 25.3 Å². The van der Waals surface area contributed by atoms with Gasteiger partial charge >= 0.3 is 5.97 Å². The molecule has 46 heavy (non-hydrogen) atoms. The van der Waals surface area contributed by atoms with Crippen molar-refractivity contribution in [3.8, 4) is 11.1 Å². The molecule has 2 unspecified atom stereocenters. The lowest BCUT2D eigenvalue weighted by atomic mass is 9.89. The third-order valence-electron chi connectivity index (χ3n) is 7.41. The molecular weight excluding hydrogens is 636 g/mol. The monoisotopic (exact) mass is 665 g/mol. The summed E-state index contributed by atoms with van der Waals surface area (Å²) in [4.78, 5) is 47.0. The number of benzene rings is 3. The topological polar surface area (TPSA) is 214 Å². The van der Waals surface area contributed by atoms with Gasteiger partial charge in [-0.2, -0.15) is 4.72 Å². The zero-order valence-electron chi connectivity index (χ0n) is 24.3. The number of carboxylic acids is 1. The molecule has 2 heterocycles. The summed E-state index contributed by atoms with van der Waals surface area (Å²) in [7, 11) is -2.59. The predicted molar refractivity (Wildman–Crippen MR) is 167 cm³/mol. The molecule has 0 saturated heterocycles. The number of sulfonamides is 1. The zero-order chi connectivity index (χ0) is 33.0. The molecule has 4 aromatic rings. The van der Waals surface area contributed by atoms with Gasteiger partial charge in [0.05, 0.1) is 4.90 Å². The number of carbonyl (C=O) groups is 3. The SMILES string of the molecule is CN1CC(C(=O)NC[C@H](NS(=O)(=O)c2ccc(-c3ccc(S(=O)[O-])cc3)cc2)C(=O)O)C(=O)c2ccc(CNc3ncc[nH]3)cc21. The van der Waals surface area contributed by atoms with Gasteiger partial charge in [-0.1, -0.05) is 30.3 Å². The number of aromatic amines is 1. The third-order valence-corrected chi connectivity index (χ3v) is 9.55. The molecule has 16 heteroatoms. The van der Waals surface area contributed by atoms with Crippen molar-refractivity contribution < 1.29 is 36.7 Å². The minimum absolute atomic E-state index is 0.0417. The first kappa shape index (κ1) is 32.5. The predicted octanol–water partition coefficient (Wildman–Crippen LogP) is 1.72. The second-order valence-electron chi connectivity index (χ2n) is 10.5. The standard InChI is InChI=1S/C30H30N6O8S2/c1-36-17-24(27(37)23-11-2-18(14-26(23)36)15-34-30-31-12-13-32-30)28(38)33-16-25(29(39)40)35-46(43,44)22-9-5-20(6-10-22)19-3-7-21(8-4-19)45(41)42/h2-14,24-25,35H,15-17H2,1H3,(H,33,38)(H,39,40)(H,41,42)(H2,31,32,34)/p-1/t24?,25-/m0/s1. The molecule has 1 aliphatic heterocycles. The number of anilines is 2. The number of carboxylic acid groups (broad SMARTS) is 1. The van der Waals surface area contributed by atoms with Crippen molar-refractivity contribution in [3.63, 3.8) is 0 Å². The van der Waals surface area contributed by atoms with Gasteiger partial charge < -0.3 is 30.2 Å². The van der Waals surface area contributed by atoms with Crippen LogP contribution in [-0.2, 0) is 37.2 Å². The van der Waals surface area contributed by atoms with E-state index in [0.29, 0.717) is 34.9 Å². The molecule has 0 radical (unpaired) electrons. The maximum atomic E-state index is 13.3. The Morgan fingerprint density at radius 2 is 1.78 bits per heavy atom. The van der Waals surface area contributed by atoms with E-state index in [9.17, 15) is 36.7 Å². The normalized spacial score (nSPS) is 15.9. The maximum Gasteiger partial charge on any atom is 0.323 e. The van der Waals surface area contributed by atoms with Gasteiger partial charge in [-0.3, -0.25) is 18.6 Å². The van der Waals surface area contributed by atoms with Gasteiger partial charge in [0.1, 0.15) is 12.0 Å². The van der Waals surface area contributed by atoms with Crippen molar-refractivity contribution in [2.45, 2.75) is 22.4 Å². The number of hydrogen-bond donors (Lipinski definition) is 5. The van der Waals surface area contributed by atoms with Gasteiger partial charge in [0, 0.05) is 55.2 Å². The third kappa shape index (κ3) is 7.31. The Morgan fingerprint density at radius 1 is 1.11 bits per heavy atom. The first-order chi connectivity index (χ1) is 21.9. The summed E-state index contributed by atoms with van der Waals surface area (Å²) in [6.45, 7) is -0.110. The first-order valence-corrected chi connectivity index (χ1v) is 16.4. The van der Waals surface area contributed by atoms with Crippen LogP contribution < -0.4 is 20.3 Å². The summed E-state index contributed by atoms with van der Waals surface area (Å²) in [5.74, 6) is -3.22. The van der Waals surface area contributed by atoms with Crippen molar-refractivity contribution in [2.75, 3.05) is 30.4 Å². The van der Waals surface area contributed by atoms with Crippen LogP contribution in [0.3, 0.4) is 0 Å². The average Bonchev–Trinajstić information content (AvgIpc) is 3.57. The van der Waals surface area contributed by atoms with Crippen molar-refractivity contribution >= 4 is 50.4 Å². The molecule has 5 rings (SSSR count). The lowest BCUT2D eigenvalue weighted by molar-refractivity contribution is -0.139. The fraction of sp³-hybridized carbons (Fsp3) is 0.200. The summed E-state index contributed by atoms with van der Waals surface area (Å²) in [5.41, 5.74) is 3.12. The number of rotatable bonds is 12. The van der Waals surface area contributed by atoms with Crippen molar-refractivity contribution in [1.82, 2.24) is 20.0 Å². The second-order valence-corrected chi connectivity index (χ2v) is 13.1. The van der Waals surface area contributed by atoms with Crippen LogP contribution in [-0.4, -0.2) is 76.1 Å². The van der Waals surface area contributed by atoms with Crippen LogP contribution in [0.25, 0.3) is 11.1 Å². The number of nitrogens with one attached hydrogen (secondary N) is 4. The molecule has 3 atom stereocenters. The number of amides is 1. The smallest absolute Gasteiger partial charge is 0.323 e. The number of fused-ring (bicyclic) bond motifs is 1. The highest BCUT2D eigenvalue weighted by atomic mass is 32.2. The van der Waals surface area contributed by atoms with E-state index in [-0.39, 0.29) is 16.3 Å². The van der Waals surface area contributed by atoms with Crippen molar-refractivity contribution in [3.05, 3.63) is 90.3 Å². The molecule has 240 valence electrons. The first-order valence-electron chi connectivity index (χ1n) is 13.9. The van der Waals surface area contributed by atoms with Gasteiger partial charge in [0.2, 0.25) is 15.9 Å². The minimum Gasteiger partial charge on any atom is -0.768 e. The van der Waals surface area contributed by atoms with E-state index in [1.807, 2.05) is 6.07 Å². The van der Waals surface area contributed by atoms with Gasteiger partial charge in [-0.25, -0.2) is 13.4 Å². The van der Waals surface area contributed by atoms with Gasteiger partial charge in [0.15, 0.2) is 11.7 Å². The van der Waals surface area contributed by atoms with Gasteiger partial charge in [-0.05, 0) is 64.2 Å². The molecule has 0 bridgehead atoms. The van der Waals surface area contributed by atoms with Crippen LogP contribution in [0.5, 0.6) is 0 Å². The van der Waals surface area contributed by atoms with Crippen LogP contribution in [0.4, 0.5) is 11.6 Å². The van der Waals surface area contributed by atoms with Crippen molar-refractivity contribution in [1.29, 1.82) is 0 Å². The van der Waals surface area contributed by atoms with E-state index in [4.69, 9.17) is 0 Å². The number of nitrogens with zero attached hydrogens (tertiary/aromatic N) is 2. The number of aliphatic carboxylic acids is 1. The Balaban J connectivity index is 1.21. The van der Waals surface area contributed by atoms with E-state index in [1.165, 1.54) is 36.4 Å². The van der Waals surface area contributed by atoms with Crippen LogP contribution >= 0.6 is 0 Å². The molecule has 0 saturated carbocycles. The summed E-state index contributed by atoms with van der Waals surface area (Å²) >= 11 is -2.38. The number of aromatic nitrogens is 2. The summed E-state index contributed by atoms with van der Waals surface area (Å²) in [6.07, 6.45) is 3.31. The molecule has 5 N–H and O–H groups in total. The molecule has 0 fully saturated rings.